The van der Waals surface area contributed by atoms with Gasteiger partial charge in [0.15, 0.2) is 0 Å². The Labute approximate surface area is 74.0 Å². The van der Waals surface area contributed by atoms with Crippen LogP contribution in [-0.2, 0) is 19.4 Å². The van der Waals surface area contributed by atoms with Crippen molar-refractivity contribution in [3.63, 3.8) is 0 Å². The highest BCUT2D eigenvalue weighted by molar-refractivity contribution is 5.85. The third-order valence-corrected chi connectivity index (χ3v) is 1.90. The Bertz CT molecular complexity index is 231. The highest BCUT2D eigenvalue weighted by Gasteiger charge is 2.65. The Hall–Kier alpha value is -1.14. The van der Waals surface area contributed by atoms with E-state index in [1.54, 1.807) is 6.92 Å². The van der Waals surface area contributed by atoms with Crippen LogP contribution >= 0.6 is 0 Å². The molecule has 6 nitrogen and oxygen atoms in total. The zero-order chi connectivity index (χ0) is 10.1. The average Bonchev–Trinajstić information content (AvgIpc) is 2.79. The molecule has 1 fully saturated rings. The molecule has 0 amide bonds. The predicted octanol–water partition coefficient (Wildman–Crippen LogP) is 0.230. The number of hydrogen-bond acceptors (Lipinski definition) is 4. The van der Waals surface area contributed by atoms with E-state index in [4.69, 9.17) is 10.2 Å². The summed E-state index contributed by atoms with van der Waals surface area (Å²) in [5, 5.41) is 17.3. The third-order valence-electron chi connectivity index (χ3n) is 1.90. The summed E-state index contributed by atoms with van der Waals surface area (Å²) in [6.45, 7) is 1.76. The van der Waals surface area contributed by atoms with Gasteiger partial charge in [-0.25, -0.2) is 4.79 Å². The molecular formula is C7H10O6. The fourth-order valence-corrected chi connectivity index (χ4v) is 1.15. The molecule has 0 aromatic carbocycles. The molecule has 1 aliphatic heterocycles. The highest BCUT2D eigenvalue weighted by atomic mass is 17.4. The molecule has 0 radical (unpaired) electrons. The number of aliphatic carboxylic acids is 2. The first-order chi connectivity index (χ1) is 6.04. The molecular weight excluding hydrogens is 180 g/mol. The Kier molecular flexibility index (Phi) is 2.53. The van der Waals surface area contributed by atoms with E-state index in [0.29, 0.717) is 6.42 Å². The maximum Gasteiger partial charge on any atom is 0.371 e. The summed E-state index contributed by atoms with van der Waals surface area (Å²) in [5.74, 6) is -5.70. The van der Waals surface area contributed by atoms with Crippen molar-refractivity contribution in [3.05, 3.63) is 0 Å². The minimum atomic E-state index is -1.94. The van der Waals surface area contributed by atoms with E-state index in [2.05, 4.69) is 9.78 Å². The van der Waals surface area contributed by atoms with Gasteiger partial charge in [-0.15, -0.1) is 0 Å². The maximum atomic E-state index is 10.7. The monoisotopic (exact) mass is 190 g/mol. The van der Waals surface area contributed by atoms with E-state index in [9.17, 15) is 9.59 Å². The molecule has 74 valence electrons. The van der Waals surface area contributed by atoms with Gasteiger partial charge >= 0.3 is 17.7 Å². The number of hydrogen-bond donors (Lipinski definition) is 2. The second-order valence-corrected chi connectivity index (χ2v) is 2.82. The minimum absolute atomic E-state index is 0.210. The number of rotatable bonds is 5. The lowest BCUT2D eigenvalue weighted by Crippen LogP contribution is -2.38. The second kappa shape index (κ2) is 3.31. The van der Waals surface area contributed by atoms with Crippen molar-refractivity contribution in [2.45, 2.75) is 25.6 Å². The summed E-state index contributed by atoms with van der Waals surface area (Å²) in [4.78, 5) is 29.8. The van der Waals surface area contributed by atoms with E-state index < -0.39 is 23.6 Å². The molecule has 0 saturated carbocycles. The van der Waals surface area contributed by atoms with Crippen molar-refractivity contribution >= 4 is 11.9 Å². The molecule has 1 unspecified atom stereocenters. The molecule has 1 saturated heterocycles. The first kappa shape index (κ1) is 9.94. The van der Waals surface area contributed by atoms with Gasteiger partial charge in [0.25, 0.3) is 0 Å². The van der Waals surface area contributed by atoms with Crippen molar-refractivity contribution in [3.8, 4) is 0 Å². The van der Waals surface area contributed by atoms with Gasteiger partial charge < -0.3 is 10.2 Å². The molecule has 1 aliphatic rings. The van der Waals surface area contributed by atoms with E-state index in [1.807, 2.05) is 0 Å². The second-order valence-electron chi connectivity index (χ2n) is 2.82. The highest BCUT2D eigenvalue weighted by Crippen LogP contribution is 2.40. The Morgan fingerprint density at radius 3 is 2.15 bits per heavy atom. The largest absolute Gasteiger partial charge is 0.481 e. The smallest absolute Gasteiger partial charge is 0.371 e. The Morgan fingerprint density at radius 1 is 1.38 bits per heavy atom. The van der Waals surface area contributed by atoms with E-state index in [0.717, 1.165) is 0 Å². The molecule has 0 aliphatic carbocycles. The quantitative estimate of drug-likeness (QED) is 0.475. The third kappa shape index (κ3) is 1.63. The van der Waals surface area contributed by atoms with Crippen molar-refractivity contribution in [1.29, 1.82) is 0 Å². The summed E-state index contributed by atoms with van der Waals surface area (Å²) in [5.41, 5.74) is 0. The van der Waals surface area contributed by atoms with Gasteiger partial charge in [0.1, 0.15) is 5.92 Å². The van der Waals surface area contributed by atoms with Crippen LogP contribution in [0.3, 0.4) is 0 Å². The molecule has 0 aromatic rings. The van der Waals surface area contributed by atoms with Gasteiger partial charge in [0.2, 0.25) is 0 Å². The Morgan fingerprint density at radius 2 is 1.92 bits per heavy atom. The van der Waals surface area contributed by atoms with Crippen LogP contribution in [0.2, 0.25) is 0 Å². The van der Waals surface area contributed by atoms with Crippen LogP contribution in [0.5, 0.6) is 0 Å². The van der Waals surface area contributed by atoms with Gasteiger partial charge in [-0.2, -0.15) is 9.78 Å². The van der Waals surface area contributed by atoms with Crippen LogP contribution in [0.1, 0.15) is 19.8 Å². The standard InChI is InChI=1S/C7H10O6/c1-2-3-4(5(8)9)7(6(10)11)12-13-7/h4H,2-3H2,1H3,(H,8,9)(H,10,11). The summed E-state index contributed by atoms with van der Waals surface area (Å²) in [6.07, 6.45) is 0.764. The van der Waals surface area contributed by atoms with Crippen molar-refractivity contribution in [2.24, 2.45) is 5.92 Å². The molecule has 2 N–H and O–H groups in total. The fourth-order valence-electron chi connectivity index (χ4n) is 1.15. The summed E-state index contributed by atoms with van der Waals surface area (Å²) in [7, 11) is 0. The molecule has 1 heterocycles. The van der Waals surface area contributed by atoms with Gasteiger partial charge in [-0.05, 0) is 6.42 Å². The molecule has 0 aromatic heterocycles. The molecule has 0 bridgehead atoms. The summed E-state index contributed by atoms with van der Waals surface area (Å²) >= 11 is 0. The summed E-state index contributed by atoms with van der Waals surface area (Å²) in [6, 6.07) is 0. The molecule has 13 heavy (non-hydrogen) atoms. The predicted molar refractivity (Wildman–Crippen MR) is 38.6 cm³/mol. The van der Waals surface area contributed by atoms with Crippen molar-refractivity contribution in [2.75, 3.05) is 0 Å². The fraction of sp³-hybridized carbons (Fsp3) is 0.714. The summed E-state index contributed by atoms with van der Waals surface area (Å²) < 4.78 is 0. The first-order valence-electron chi connectivity index (χ1n) is 3.87. The van der Waals surface area contributed by atoms with E-state index in [1.165, 1.54) is 0 Å². The van der Waals surface area contributed by atoms with Crippen LogP contribution in [0.4, 0.5) is 0 Å². The van der Waals surface area contributed by atoms with Crippen LogP contribution < -0.4 is 0 Å². The number of carboxylic acid groups (broad SMARTS) is 2. The lowest BCUT2D eigenvalue weighted by atomic mass is 9.95. The zero-order valence-corrected chi connectivity index (χ0v) is 7.02. The molecule has 6 heteroatoms. The number of carbonyl (C=O) groups is 2. The van der Waals surface area contributed by atoms with Gasteiger partial charge in [0.05, 0.1) is 0 Å². The lowest BCUT2D eigenvalue weighted by molar-refractivity contribution is -0.156. The average molecular weight is 190 g/mol. The van der Waals surface area contributed by atoms with E-state index >= 15 is 0 Å². The van der Waals surface area contributed by atoms with Gasteiger partial charge in [-0.1, -0.05) is 13.3 Å². The molecule has 1 rings (SSSR count). The van der Waals surface area contributed by atoms with Crippen LogP contribution in [-0.4, -0.2) is 27.9 Å². The number of carboxylic acids is 2. The van der Waals surface area contributed by atoms with Crippen molar-refractivity contribution < 1.29 is 29.6 Å². The molecule has 0 spiro atoms. The molecule has 1 atom stereocenters. The van der Waals surface area contributed by atoms with Crippen LogP contribution in [0, 0.1) is 5.92 Å². The van der Waals surface area contributed by atoms with Crippen molar-refractivity contribution in [1.82, 2.24) is 0 Å². The maximum absolute atomic E-state index is 10.7. The van der Waals surface area contributed by atoms with Gasteiger partial charge in [0, 0.05) is 0 Å². The van der Waals surface area contributed by atoms with E-state index in [-0.39, 0.29) is 6.42 Å². The Balaban J connectivity index is 2.75. The zero-order valence-electron chi connectivity index (χ0n) is 7.02. The SMILES string of the molecule is CCCC(C(=O)O)C1(C(=O)O)OO1. The lowest BCUT2D eigenvalue weighted by Gasteiger charge is -2.10. The first-order valence-corrected chi connectivity index (χ1v) is 3.87. The normalized spacial score (nSPS) is 20.7. The minimum Gasteiger partial charge on any atom is -0.481 e. The van der Waals surface area contributed by atoms with Crippen LogP contribution in [0.15, 0.2) is 0 Å². The topological polar surface area (TPSA) is 99.7 Å². The van der Waals surface area contributed by atoms with Gasteiger partial charge in [-0.3, -0.25) is 4.79 Å². The van der Waals surface area contributed by atoms with Crippen LogP contribution in [0.25, 0.3) is 0 Å².